The van der Waals surface area contributed by atoms with Crippen LogP contribution in [0.3, 0.4) is 0 Å². The molecule has 1 N–H and O–H groups in total. The van der Waals surface area contributed by atoms with E-state index in [0.717, 1.165) is 17.7 Å². The molecule has 3 saturated heterocycles. The van der Waals surface area contributed by atoms with Gasteiger partial charge in [0.1, 0.15) is 6.04 Å². The van der Waals surface area contributed by atoms with Crippen molar-refractivity contribution in [2.75, 3.05) is 0 Å². The van der Waals surface area contributed by atoms with Gasteiger partial charge in [-0.1, -0.05) is 13.8 Å². The lowest BCUT2D eigenvalue weighted by Gasteiger charge is -2.36. The highest BCUT2D eigenvalue weighted by molar-refractivity contribution is 6.12. The second-order valence-electron chi connectivity index (χ2n) is 7.10. The number of carbonyl (C=O) groups excluding carboxylic acids is 2. The molecule has 116 valence electrons. The van der Waals surface area contributed by atoms with Crippen molar-refractivity contribution in [1.29, 1.82) is 0 Å². The van der Waals surface area contributed by atoms with Crippen LogP contribution in [0.15, 0.2) is 0 Å². The van der Waals surface area contributed by atoms with E-state index in [1.54, 1.807) is 27.7 Å². The summed E-state index contributed by atoms with van der Waals surface area (Å²) < 4.78 is 5.82. The summed E-state index contributed by atoms with van der Waals surface area (Å²) in [4.78, 5) is 38.4. The summed E-state index contributed by atoms with van der Waals surface area (Å²) in [7, 11) is 0. The van der Waals surface area contributed by atoms with Gasteiger partial charge in [0.15, 0.2) is 0 Å². The highest BCUT2D eigenvalue weighted by Gasteiger charge is 2.78. The molecule has 0 unspecified atom stereocenters. The SMILES string of the molecule is CC(C)[C@@H](C(=O)O)N1C(=O)[C@@]2(C)[C@@H]3CC[C@@H](O3)[C@@]2(C)C1=O. The molecule has 6 heteroatoms. The molecule has 3 heterocycles. The monoisotopic (exact) mass is 295 g/mol. The average molecular weight is 295 g/mol. The topological polar surface area (TPSA) is 83.9 Å². The Bertz CT molecular complexity index is 510. The Morgan fingerprint density at radius 1 is 1.19 bits per heavy atom. The lowest BCUT2D eigenvalue weighted by molar-refractivity contribution is -0.160. The lowest BCUT2D eigenvalue weighted by Crippen LogP contribution is -2.50. The molecule has 0 radical (unpaired) electrons. The lowest BCUT2D eigenvalue weighted by atomic mass is 9.59. The summed E-state index contributed by atoms with van der Waals surface area (Å²) in [6.07, 6.45) is 0.942. The van der Waals surface area contributed by atoms with E-state index in [-0.39, 0.29) is 29.9 Å². The van der Waals surface area contributed by atoms with Crippen LogP contribution in [0.1, 0.15) is 40.5 Å². The van der Waals surface area contributed by atoms with Crippen LogP contribution < -0.4 is 0 Å². The van der Waals surface area contributed by atoms with E-state index < -0.39 is 22.8 Å². The Hall–Kier alpha value is -1.43. The number of aliphatic carboxylic acids is 1. The number of amides is 2. The van der Waals surface area contributed by atoms with Crippen LogP contribution in [0, 0.1) is 16.7 Å². The van der Waals surface area contributed by atoms with Gasteiger partial charge in [-0.05, 0) is 32.6 Å². The number of nitrogens with zero attached hydrogens (tertiary/aromatic N) is 1. The number of imide groups is 1. The minimum absolute atomic E-state index is 0.282. The summed E-state index contributed by atoms with van der Waals surface area (Å²) in [6.45, 7) is 6.94. The smallest absolute Gasteiger partial charge is 0.327 e. The molecular weight excluding hydrogens is 274 g/mol. The molecule has 3 aliphatic rings. The van der Waals surface area contributed by atoms with Gasteiger partial charge in [0.2, 0.25) is 11.8 Å². The second kappa shape index (κ2) is 4.06. The van der Waals surface area contributed by atoms with E-state index in [4.69, 9.17) is 4.74 Å². The van der Waals surface area contributed by atoms with Crippen molar-refractivity contribution in [2.45, 2.75) is 58.8 Å². The van der Waals surface area contributed by atoms with Crippen LogP contribution in [0.5, 0.6) is 0 Å². The van der Waals surface area contributed by atoms with Crippen molar-refractivity contribution in [2.24, 2.45) is 16.7 Å². The van der Waals surface area contributed by atoms with Gasteiger partial charge >= 0.3 is 5.97 Å². The zero-order valence-electron chi connectivity index (χ0n) is 12.8. The molecule has 0 saturated carbocycles. The molecule has 0 aromatic heterocycles. The van der Waals surface area contributed by atoms with Crippen LogP contribution >= 0.6 is 0 Å². The molecule has 5 atom stereocenters. The van der Waals surface area contributed by atoms with Crippen molar-refractivity contribution in [3.63, 3.8) is 0 Å². The zero-order valence-corrected chi connectivity index (χ0v) is 12.8. The van der Waals surface area contributed by atoms with E-state index in [1.807, 2.05) is 0 Å². The fourth-order valence-corrected chi connectivity index (χ4v) is 4.41. The van der Waals surface area contributed by atoms with Crippen LogP contribution in [-0.2, 0) is 19.1 Å². The Balaban J connectivity index is 2.10. The molecule has 2 amide bonds. The predicted octanol–water partition coefficient (Wildman–Crippen LogP) is 1.04. The first-order valence-electron chi connectivity index (χ1n) is 7.43. The Morgan fingerprint density at radius 2 is 1.62 bits per heavy atom. The molecule has 0 aromatic carbocycles. The quantitative estimate of drug-likeness (QED) is 0.786. The van der Waals surface area contributed by atoms with E-state index in [2.05, 4.69) is 0 Å². The van der Waals surface area contributed by atoms with Crippen molar-refractivity contribution < 1.29 is 24.2 Å². The number of hydrogen-bond acceptors (Lipinski definition) is 4. The molecule has 0 aliphatic carbocycles. The number of ether oxygens (including phenoxy) is 1. The van der Waals surface area contributed by atoms with Gasteiger partial charge in [-0.2, -0.15) is 0 Å². The number of carboxylic acid groups (broad SMARTS) is 1. The first-order valence-corrected chi connectivity index (χ1v) is 7.43. The average Bonchev–Trinajstić information content (AvgIpc) is 2.99. The summed E-state index contributed by atoms with van der Waals surface area (Å²) >= 11 is 0. The molecule has 21 heavy (non-hydrogen) atoms. The van der Waals surface area contributed by atoms with Crippen LogP contribution in [0.25, 0.3) is 0 Å². The number of likely N-dealkylation sites (tertiary alicyclic amines) is 1. The molecule has 2 bridgehead atoms. The largest absolute Gasteiger partial charge is 0.480 e. The molecule has 3 rings (SSSR count). The van der Waals surface area contributed by atoms with Crippen LogP contribution in [0.4, 0.5) is 0 Å². The third-order valence-corrected chi connectivity index (χ3v) is 5.88. The van der Waals surface area contributed by atoms with E-state index in [0.29, 0.717) is 0 Å². The number of carboxylic acids is 1. The maximum atomic E-state index is 12.9. The third-order valence-electron chi connectivity index (χ3n) is 5.88. The zero-order chi connectivity index (χ0) is 15.7. The van der Waals surface area contributed by atoms with Crippen molar-refractivity contribution in [3.8, 4) is 0 Å². The first-order chi connectivity index (χ1) is 9.67. The maximum Gasteiger partial charge on any atom is 0.327 e. The summed E-state index contributed by atoms with van der Waals surface area (Å²) in [5.41, 5.74) is -1.87. The van der Waals surface area contributed by atoms with Crippen molar-refractivity contribution in [1.82, 2.24) is 4.90 Å². The summed E-state index contributed by atoms with van der Waals surface area (Å²) in [6, 6.07) is -1.11. The van der Waals surface area contributed by atoms with Crippen LogP contribution in [0.2, 0.25) is 0 Å². The van der Waals surface area contributed by atoms with Gasteiger partial charge in [-0.15, -0.1) is 0 Å². The second-order valence-corrected chi connectivity index (χ2v) is 7.10. The molecule has 3 fully saturated rings. The first kappa shape index (κ1) is 14.5. The normalized spacial score (nSPS) is 42.8. The Kier molecular flexibility index (Phi) is 2.81. The van der Waals surface area contributed by atoms with Crippen molar-refractivity contribution >= 4 is 17.8 Å². The molecular formula is C15H21NO5. The minimum atomic E-state index is -1.13. The fourth-order valence-electron chi connectivity index (χ4n) is 4.41. The van der Waals surface area contributed by atoms with Gasteiger partial charge < -0.3 is 9.84 Å². The Morgan fingerprint density at radius 3 is 1.95 bits per heavy atom. The number of rotatable bonds is 3. The number of carbonyl (C=O) groups is 3. The van der Waals surface area contributed by atoms with E-state index >= 15 is 0 Å². The number of hydrogen-bond donors (Lipinski definition) is 1. The highest BCUT2D eigenvalue weighted by Crippen LogP contribution is 2.64. The standard InChI is InChI=1S/C15H21NO5/c1-7(2)10(11(17)18)16-12(19)14(3)8-5-6-9(21-8)15(14,4)13(16)20/h7-10H,5-6H2,1-4H3,(H,17,18)/t8-,9+,10-,14+,15-/m0/s1. The maximum absolute atomic E-state index is 12.9. The van der Waals surface area contributed by atoms with E-state index in [9.17, 15) is 19.5 Å². The molecule has 0 spiro atoms. The van der Waals surface area contributed by atoms with Crippen LogP contribution in [-0.4, -0.2) is 46.0 Å². The fraction of sp³-hybridized carbons (Fsp3) is 0.800. The predicted molar refractivity (Wildman–Crippen MR) is 72.2 cm³/mol. The summed E-state index contributed by atoms with van der Waals surface area (Å²) in [5.74, 6) is -2.24. The van der Waals surface area contributed by atoms with Gasteiger partial charge in [0, 0.05) is 0 Å². The van der Waals surface area contributed by atoms with Gasteiger partial charge in [0.25, 0.3) is 0 Å². The highest BCUT2D eigenvalue weighted by atomic mass is 16.5. The van der Waals surface area contributed by atoms with Crippen molar-refractivity contribution in [3.05, 3.63) is 0 Å². The van der Waals surface area contributed by atoms with Gasteiger partial charge in [-0.3, -0.25) is 14.5 Å². The minimum Gasteiger partial charge on any atom is -0.480 e. The summed E-state index contributed by atoms with van der Waals surface area (Å²) in [5, 5.41) is 9.44. The molecule has 3 aliphatic heterocycles. The molecule has 0 aromatic rings. The Labute approximate surface area is 123 Å². The third kappa shape index (κ3) is 1.39. The van der Waals surface area contributed by atoms with E-state index in [1.165, 1.54) is 0 Å². The van der Waals surface area contributed by atoms with Gasteiger partial charge in [0.05, 0.1) is 23.0 Å². The van der Waals surface area contributed by atoms with Gasteiger partial charge in [-0.25, -0.2) is 4.79 Å². The number of fused-ring (bicyclic) bond motifs is 5. The molecule has 6 nitrogen and oxygen atoms in total.